The van der Waals surface area contributed by atoms with Crippen LogP contribution < -0.4 is 10.1 Å². The fourth-order valence-electron chi connectivity index (χ4n) is 2.35. The maximum atomic E-state index is 12.0. The summed E-state index contributed by atoms with van der Waals surface area (Å²) in [4.78, 5) is 12.0. The number of halogens is 3. The Balaban J connectivity index is 1.91. The summed E-state index contributed by atoms with van der Waals surface area (Å²) in [6.45, 7) is 0. The lowest BCUT2D eigenvalue weighted by Gasteiger charge is -2.20. The number of carbonyl (C=O) groups excluding carboxylic acids is 1. The zero-order valence-corrected chi connectivity index (χ0v) is 10.9. The van der Waals surface area contributed by atoms with Crippen molar-refractivity contribution < 1.29 is 22.7 Å². The van der Waals surface area contributed by atoms with E-state index >= 15 is 0 Å². The summed E-state index contributed by atoms with van der Waals surface area (Å²) in [5, 5.41) is 2.73. The molecule has 0 saturated heterocycles. The normalized spacial score (nSPS) is 16.8. The molecule has 0 spiro atoms. The predicted molar refractivity (Wildman–Crippen MR) is 68.3 cm³/mol. The third-order valence-electron chi connectivity index (χ3n) is 3.33. The lowest BCUT2D eigenvalue weighted by atomic mass is 9.88. The number of hydrogen-bond donors (Lipinski definition) is 1. The molecule has 0 bridgehead atoms. The molecule has 1 aromatic rings. The summed E-state index contributed by atoms with van der Waals surface area (Å²) in [6, 6.07) is 5.18. The summed E-state index contributed by atoms with van der Waals surface area (Å²) in [6.07, 6.45) is 0.315. The molecular formula is C14H16F3NO2. The number of rotatable bonds is 3. The molecule has 0 radical (unpaired) electrons. The summed E-state index contributed by atoms with van der Waals surface area (Å²) in [7, 11) is 0. The Morgan fingerprint density at radius 2 is 1.70 bits per heavy atom. The topological polar surface area (TPSA) is 38.3 Å². The number of ether oxygens (including phenoxy) is 1. The van der Waals surface area contributed by atoms with Crippen molar-refractivity contribution in [2.75, 3.05) is 5.32 Å². The zero-order chi connectivity index (χ0) is 14.6. The number of hydrogen-bond acceptors (Lipinski definition) is 2. The number of benzene rings is 1. The largest absolute Gasteiger partial charge is 0.573 e. The van der Waals surface area contributed by atoms with E-state index in [4.69, 9.17) is 0 Å². The predicted octanol–water partition coefficient (Wildman–Crippen LogP) is 4.10. The van der Waals surface area contributed by atoms with Gasteiger partial charge in [-0.1, -0.05) is 19.3 Å². The smallest absolute Gasteiger partial charge is 0.406 e. The van der Waals surface area contributed by atoms with Crippen LogP contribution in [-0.2, 0) is 4.79 Å². The standard InChI is InChI=1S/C14H16F3NO2/c15-14(16,17)20-12-8-6-11(7-9-12)18-13(19)10-4-2-1-3-5-10/h6-10H,1-5H2,(H,18,19). The van der Waals surface area contributed by atoms with Crippen molar-refractivity contribution in [3.8, 4) is 5.75 Å². The molecule has 0 atom stereocenters. The summed E-state index contributed by atoms with van der Waals surface area (Å²) < 4.78 is 39.8. The molecule has 3 nitrogen and oxygen atoms in total. The van der Waals surface area contributed by atoms with E-state index in [2.05, 4.69) is 10.1 Å². The first-order chi connectivity index (χ1) is 9.44. The second-order valence-electron chi connectivity index (χ2n) is 4.90. The van der Waals surface area contributed by atoms with Gasteiger partial charge in [-0.15, -0.1) is 13.2 Å². The lowest BCUT2D eigenvalue weighted by Crippen LogP contribution is -2.24. The first kappa shape index (κ1) is 14.7. The molecule has 1 fully saturated rings. The van der Waals surface area contributed by atoms with Crippen molar-refractivity contribution >= 4 is 11.6 Å². The van der Waals surface area contributed by atoms with Gasteiger partial charge in [0.1, 0.15) is 5.75 Å². The molecule has 20 heavy (non-hydrogen) atoms. The monoisotopic (exact) mass is 287 g/mol. The molecule has 1 aliphatic rings. The highest BCUT2D eigenvalue weighted by molar-refractivity contribution is 5.92. The van der Waals surface area contributed by atoms with Crippen molar-refractivity contribution in [3.05, 3.63) is 24.3 Å². The first-order valence-corrected chi connectivity index (χ1v) is 6.61. The van der Waals surface area contributed by atoms with E-state index in [-0.39, 0.29) is 17.6 Å². The van der Waals surface area contributed by atoms with E-state index in [1.807, 2.05) is 0 Å². The second-order valence-corrected chi connectivity index (χ2v) is 4.90. The molecule has 110 valence electrons. The van der Waals surface area contributed by atoms with Crippen LogP contribution in [0, 0.1) is 5.92 Å². The second kappa shape index (κ2) is 6.15. The number of anilines is 1. The lowest BCUT2D eigenvalue weighted by molar-refractivity contribution is -0.274. The Kier molecular flexibility index (Phi) is 4.52. The van der Waals surface area contributed by atoms with Gasteiger partial charge in [0.15, 0.2) is 0 Å². The van der Waals surface area contributed by atoms with Gasteiger partial charge in [-0.2, -0.15) is 0 Å². The highest BCUT2D eigenvalue weighted by Gasteiger charge is 2.31. The maximum absolute atomic E-state index is 12.0. The molecule has 1 aliphatic carbocycles. The van der Waals surface area contributed by atoms with Gasteiger partial charge in [0.25, 0.3) is 0 Å². The quantitative estimate of drug-likeness (QED) is 0.908. The van der Waals surface area contributed by atoms with E-state index < -0.39 is 6.36 Å². The molecule has 0 aromatic heterocycles. The minimum Gasteiger partial charge on any atom is -0.406 e. The Morgan fingerprint density at radius 3 is 2.25 bits per heavy atom. The van der Waals surface area contributed by atoms with Gasteiger partial charge in [-0.3, -0.25) is 4.79 Å². The van der Waals surface area contributed by atoms with Crippen LogP contribution >= 0.6 is 0 Å². The van der Waals surface area contributed by atoms with Crippen LogP contribution in [0.15, 0.2) is 24.3 Å². The molecule has 0 unspecified atom stereocenters. The van der Waals surface area contributed by atoms with Crippen LogP contribution in [0.2, 0.25) is 0 Å². The van der Waals surface area contributed by atoms with E-state index in [0.717, 1.165) is 32.1 Å². The molecular weight excluding hydrogens is 271 g/mol. The number of carbonyl (C=O) groups is 1. The highest BCUT2D eigenvalue weighted by atomic mass is 19.4. The number of alkyl halides is 3. The van der Waals surface area contributed by atoms with E-state index in [9.17, 15) is 18.0 Å². The molecule has 2 rings (SSSR count). The van der Waals surface area contributed by atoms with Crippen molar-refractivity contribution in [2.45, 2.75) is 38.5 Å². The molecule has 1 N–H and O–H groups in total. The van der Waals surface area contributed by atoms with Crippen molar-refractivity contribution in [1.29, 1.82) is 0 Å². The van der Waals surface area contributed by atoms with Crippen LogP contribution in [0.25, 0.3) is 0 Å². The number of amides is 1. The van der Waals surface area contributed by atoms with Crippen LogP contribution in [-0.4, -0.2) is 12.3 Å². The van der Waals surface area contributed by atoms with E-state index in [1.54, 1.807) is 0 Å². The molecule has 6 heteroatoms. The van der Waals surface area contributed by atoms with E-state index in [0.29, 0.717) is 5.69 Å². The van der Waals surface area contributed by atoms with Gasteiger partial charge in [0.2, 0.25) is 5.91 Å². The zero-order valence-electron chi connectivity index (χ0n) is 10.9. The van der Waals surface area contributed by atoms with Gasteiger partial charge in [0, 0.05) is 11.6 Å². The van der Waals surface area contributed by atoms with E-state index in [1.165, 1.54) is 24.3 Å². The van der Waals surface area contributed by atoms with Crippen molar-refractivity contribution in [1.82, 2.24) is 0 Å². The molecule has 0 heterocycles. The molecule has 1 saturated carbocycles. The maximum Gasteiger partial charge on any atom is 0.573 e. The Morgan fingerprint density at radius 1 is 1.10 bits per heavy atom. The first-order valence-electron chi connectivity index (χ1n) is 6.61. The van der Waals surface area contributed by atoms with Crippen molar-refractivity contribution in [3.63, 3.8) is 0 Å². The number of nitrogens with one attached hydrogen (secondary N) is 1. The third kappa shape index (κ3) is 4.43. The Labute approximate surface area is 115 Å². The molecule has 1 aromatic carbocycles. The minimum atomic E-state index is -4.70. The van der Waals surface area contributed by atoms with Gasteiger partial charge in [0.05, 0.1) is 0 Å². The van der Waals surface area contributed by atoms with Crippen molar-refractivity contribution in [2.24, 2.45) is 5.92 Å². The summed E-state index contributed by atoms with van der Waals surface area (Å²) in [5.41, 5.74) is 0.482. The SMILES string of the molecule is O=C(Nc1ccc(OC(F)(F)F)cc1)C1CCCCC1. The summed E-state index contributed by atoms with van der Waals surface area (Å²) >= 11 is 0. The van der Waals surface area contributed by atoms with Crippen LogP contribution in [0.3, 0.4) is 0 Å². The third-order valence-corrected chi connectivity index (χ3v) is 3.33. The average molecular weight is 287 g/mol. The average Bonchev–Trinajstić information content (AvgIpc) is 2.40. The highest BCUT2D eigenvalue weighted by Crippen LogP contribution is 2.26. The van der Waals surface area contributed by atoms with Gasteiger partial charge >= 0.3 is 6.36 Å². The van der Waals surface area contributed by atoms with Gasteiger partial charge < -0.3 is 10.1 Å². The summed E-state index contributed by atoms with van der Waals surface area (Å²) in [5.74, 6) is -0.350. The van der Waals surface area contributed by atoms with Crippen LogP contribution in [0.1, 0.15) is 32.1 Å². The van der Waals surface area contributed by atoms with Crippen LogP contribution in [0.4, 0.5) is 18.9 Å². The Hall–Kier alpha value is -1.72. The van der Waals surface area contributed by atoms with Gasteiger partial charge in [-0.05, 0) is 37.1 Å². The molecule has 0 aliphatic heterocycles. The van der Waals surface area contributed by atoms with Gasteiger partial charge in [-0.25, -0.2) is 0 Å². The Bertz CT molecular complexity index is 450. The molecule has 1 amide bonds. The fourth-order valence-corrected chi connectivity index (χ4v) is 2.35. The fraction of sp³-hybridized carbons (Fsp3) is 0.500. The minimum absolute atomic E-state index is 0.00912. The van der Waals surface area contributed by atoms with Crippen LogP contribution in [0.5, 0.6) is 5.75 Å².